The van der Waals surface area contributed by atoms with E-state index < -0.39 is 0 Å². The van der Waals surface area contributed by atoms with Crippen LogP contribution in [0.2, 0.25) is 0 Å². The molecule has 53 valence electrons. The quantitative estimate of drug-likeness (QED) is 0.515. The fraction of sp³-hybridized carbons (Fsp3) is 0.667. The van der Waals surface area contributed by atoms with Gasteiger partial charge in [0.2, 0.25) is 0 Å². The first kappa shape index (κ1) is 5.70. The Morgan fingerprint density at radius 3 is 2.90 bits per heavy atom. The van der Waals surface area contributed by atoms with E-state index in [4.69, 9.17) is 0 Å². The van der Waals surface area contributed by atoms with Crippen molar-refractivity contribution in [2.24, 2.45) is 10.2 Å². The Balaban J connectivity index is 1.98. The van der Waals surface area contributed by atoms with Gasteiger partial charge in [-0.05, 0) is 0 Å². The summed E-state index contributed by atoms with van der Waals surface area (Å²) in [5.74, 6) is 0. The molecule has 2 rings (SSSR count). The maximum absolute atomic E-state index is 4.12. The van der Waals surface area contributed by atoms with Crippen molar-refractivity contribution >= 4 is 12.4 Å². The van der Waals surface area contributed by atoms with Crippen LogP contribution in [0.5, 0.6) is 0 Å². The molecule has 0 bridgehead atoms. The first-order valence-corrected chi connectivity index (χ1v) is 3.48. The average molecular weight is 137 g/mol. The van der Waals surface area contributed by atoms with E-state index in [1.165, 1.54) is 0 Å². The van der Waals surface area contributed by atoms with E-state index in [1.54, 1.807) is 0 Å². The molecule has 0 aromatic carbocycles. The molecule has 2 aliphatic rings. The van der Waals surface area contributed by atoms with Crippen molar-refractivity contribution in [2.75, 3.05) is 13.1 Å². The molecule has 0 fully saturated rings. The van der Waals surface area contributed by atoms with Crippen LogP contribution in [0.4, 0.5) is 0 Å². The molecule has 4 nitrogen and oxygen atoms in total. The molecule has 10 heavy (non-hydrogen) atoms. The minimum Gasteiger partial charge on any atom is -0.189 e. The second kappa shape index (κ2) is 2.28. The normalized spacial score (nSPS) is 23.2. The summed E-state index contributed by atoms with van der Waals surface area (Å²) >= 11 is 0. The van der Waals surface area contributed by atoms with Crippen LogP contribution in [-0.2, 0) is 0 Å². The van der Waals surface area contributed by atoms with Crippen LogP contribution in [0.25, 0.3) is 0 Å². The standard InChI is InChI=1S/C6H9N4/c1-3-7-9(5-1)10-6-2-4-8-10/h3H,1-2,5-6H2. The van der Waals surface area contributed by atoms with Gasteiger partial charge in [0.05, 0.1) is 19.3 Å². The maximum Gasteiger partial charge on any atom is 0.0879 e. The Labute approximate surface area is 59.8 Å². The summed E-state index contributed by atoms with van der Waals surface area (Å²) in [5, 5.41) is 11.9. The van der Waals surface area contributed by atoms with Gasteiger partial charge in [-0.2, -0.15) is 20.4 Å². The lowest BCUT2D eigenvalue weighted by Gasteiger charge is -2.22. The summed E-state index contributed by atoms with van der Waals surface area (Å²) in [7, 11) is 0. The highest BCUT2D eigenvalue weighted by molar-refractivity contribution is 5.60. The Hall–Kier alpha value is -1.06. The largest absolute Gasteiger partial charge is 0.189 e. The summed E-state index contributed by atoms with van der Waals surface area (Å²) in [6, 6.07) is 0. The Morgan fingerprint density at radius 2 is 2.30 bits per heavy atom. The Kier molecular flexibility index (Phi) is 1.30. The van der Waals surface area contributed by atoms with Crippen molar-refractivity contribution in [3.05, 3.63) is 0 Å². The molecule has 2 heterocycles. The van der Waals surface area contributed by atoms with Gasteiger partial charge in [0.15, 0.2) is 0 Å². The summed E-state index contributed by atoms with van der Waals surface area (Å²) in [5.41, 5.74) is 0. The topological polar surface area (TPSA) is 31.2 Å². The summed E-state index contributed by atoms with van der Waals surface area (Å²) in [6.07, 6.45) is 6.75. The molecule has 2 aliphatic heterocycles. The molecule has 0 saturated carbocycles. The van der Waals surface area contributed by atoms with Gasteiger partial charge in [0.1, 0.15) is 0 Å². The molecule has 0 amide bonds. The monoisotopic (exact) mass is 137 g/mol. The third-order valence-corrected chi connectivity index (χ3v) is 1.55. The average Bonchev–Trinajstić information content (AvgIpc) is 2.59. The number of hydrazine groups is 1. The van der Waals surface area contributed by atoms with E-state index in [1.807, 2.05) is 16.5 Å². The highest BCUT2D eigenvalue weighted by Gasteiger charge is 2.15. The summed E-state index contributed by atoms with van der Waals surface area (Å²) in [4.78, 5) is 0. The molecule has 0 unspecified atom stereocenters. The van der Waals surface area contributed by atoms with Crippen molar-refractivity contribution < 1.29 is 0 Å². The molecule has 0 N–H and O–H groups in total. The first-order valence-electron chi connectivity index (χ1n) is 3.48. The molecular formula is C6H9N4. The zero-order valence-electron chi connectivity index (χ0n) is 5.69. The minimum atomic E-state index is 0.923. The number of hydrogen-bond acceptors (Lipinski definition) is 4. The van der Waals surface area contributed by atoms with E-state index >= 15 is 0 Å². The second-order valence-corrected chi connectivity index (χ2v) is 2.29. The lowest BCUT2D eigenvalue weighted by atomic mass is 10.5. The van der Waals surface area contributed by atoms with Gasteiger partial charge < -0.3 is 0 Å². The second-order valence-electron chi connectivity index (χ2n) is 2.29. The predicted molar refractivity (Wildman–Crippen MR) is 38.6 cm³/mol. The molecule has 4 heteroatoms. The van der Waals surface area contributed by atoms with Gasteiger partial charge in [-0.3, -0.25) is 0 Å². The van der Waals surface area contributed by atoms with Gasteiger partial charge >= 0.3 is 0 Å². The van der Waals surface area contributed by atoms with Crippen LogP contribution in [-0.4, -0.2) is 35.8 Å². The zero-order chi connectivity index (χ0) is 6.81. The van der Waals surface area contributed by atoms with Crippen LogP contribution < -0.4 is 0 Å². The van der Waals surface area contributed by atoms with Crippen molar-refractivity contribution in [3.8, 4) is 0 Å². The SMILES string of the molecule is [C]1=NN(N2CCC=N2)CC1. The van der Waals surface area contributed by atoms with Crippen molar-refractivity contribution in [1.29, 1.82) is 0 Å². The van der Waals surface area contributed by atoms with Crippen LogP contribution in [0.3, 0.4) is 0 Å². The highest BCUT2D eigenvalue weighted by atomic mass is 15.9. The van der Waals surface area contributed by atoms with E-state index in [2.05, 4.69) is 16.4 Å². The smallest absolute Gasteiger partial charge is 0.0879 e. The third-order valence-electron chi connectivity index (χ3n) is 1.55. The summed E-state index contributed by atoms with van der Waals surface area (Å²) in [6.45, 7) is 1.89. The Bertz CT molecular complexity index is 155. The highest BCUT2D eigenvalue weighted by Crippen LogP contribution is 2.09. The van der Waals surface area contributed by atoms with E-state index in [0.29, 0.717) is 0 Å². The molecular weight excluding hydrogens is 128 g/mol. The first-order chi connectivity index (χ1) is 4.97. The van der Waals surface area contributed by atoms with E-state index in [-0.39, 0.29) is 0 Å². The lowest BCUT2D eigenvalue weighted by molar-refractivity contribution is 0.000202. The van der Waals surface area contributed by atoms with Crippen LogP contribution >= 0.6 is 0 Å². The van der Waals surface area contributed by atoms with E-state index in [0.717, 1.165) is 25.9 Å². The van der Waals surface area contributed by atoms with Crippen LogP contribution in [0, 0.1) is 0 Å². The minimum absolute atomic E-state index is 0.923. The fourth-order valence-corrected chi connectivity index (χ4v) is 1.06. The summed E-state index contributed by atoms with van der Waals surface area (Å²) < 4.78 is 0. The third kappa shape index (κ3) is 0.853. The maximum atomic E-state index is 4.12. The molecule has 0 aromatic rings. The molecule has 0 aliphatic carbocycles. The van der Waals surface area contributed by atoms with Crippen molar-refractivity contribution in [3.63, 3.8) is 0 Å². The molecule has 0 atom stereocenters. The van der Waals surface area contributed by atoms with Crippen molar-refractivity contribution in [2.45, 2.75) is 12.8 Å². The van der Waals surface area contributed by atoms with Crippen molar-refractivity contribution in [1.82, 2.24) is 10.2 Å². The molecule has 0 saturated heterocycles. The number of hydrogen-bond donors (Lipinski definition) is 0. The van der Waals surface area contributed by atoms with Crippen LogP contribution in [0.1, 0.15) is 12.8 Å². The fourth-order valence-electron chi connectivity index (χ4n) is 1.06. The van der Waals surface area contributed by atoms with E-state index in [9.17, 15) is 0 Å². The van der Waals surface area contributed by atoms with Gasteiger partial charge in [0, 0.05) is 19.1 Å². The molecule has 1 radical (unpaired) electrons. The van der Waals surface area contributed by atoms with Crippen LogP contribution in [0.15, 0.2) is 10.2 Å². The Morgan fingerprint density at radius 1 is 1.30 bits per heavy atom. The number of hydrazone groups is 2. The van der Waals surface area contributed by atoms with Gasteiger partial charge in [-0.15, -0.1) is 0 Å². The number of nitrogens with zero attached hydrogens (tertiary/aromatic N) is 4. The van der Waals surface area contributed by atoms with Gasteiger partial charge in [0.25, 0.3) is 0 Å². The number of rotatable bonds is 1. The molecule has 0 aromatic heterocycles. The molecule has 0 spiro atoms. The lowest BCUT2D eigenvalue weighted by Crippen LogP contribution is -2.31. The van der Waals surface area contributed by atoms with Gasteiger partial charge in [-0.1, -0.05) is 0 Å². The van der Waals surface area contributed by atoms with Gasteiger partial charge in [-0.25, -0.2) is 0 Å². The predicted octanol–water partition coefficient (Wildman–Crippen LogP) is 0.161. The zero-order valence-corrected chi connectivity index (χ0v) is 5.69.